The second-order valence-electron chi connectivity index (χ2n) is 7.49. The highest BCUT2D eigenvalue weighted by molar-refractivity contribution is 7.09. The number of unbranched alkanes of at least 4 members (excludes halogenated alkanes) is 1. The van der Waals surface area contributed by atoms with Crippen LogP contribution in [-0.4, -0.2) is 37.6 Å². The fourth-order valence-electron chi connectivity index (χ4n) is 3.57. The number of rotatable bonds is 8. The zero-order chi connectivity index (χ0) is 19.8. The molecule has 1 aliphatic heterocycles. The van der Waals surface area contributed by atoms with E-state index in [0.717, 1.165) is 37.5 Å². The zero-order valence-electron chi connectivity index (χ0n) is 17.4. The highest BCUT2D eigenvalue weighted by atomic mass is 32.1. The van der Waals surface area contributed by atoms with E-state index in [9.17, 15) is 0 Å². The number of aryl methyl sites for hydroxylation is 2. The molecule has 1 fully saturated rings. The minimum Gasteiger partial charge on any atom is -0.372 e. The minimum atomic E-state index is 0.215. The third kappa shape index (κ3) is 5.96. The first kappa shape index (κ1) is 20.6. The van der Waals surface area contributed by atoms with Crippen LogP contribution in [-0.2, 0) is 6.42 Å². The van der Waals surface area contributed by atoms with Crippen LogP contribution in [0.1, 0.15) is 54.9 Å². The Balaban J connectivity index is 1.43. The number of hydrogen-bond acceptors (Lipinski definition) is 4. The van der Waals surface area contributed by atoms with Gasteiger partial charge in [-0.25, -0.2) is 4.98 Å². The molecule has 28 heavy (non-hydrogen) atoms. The molecule has 0 saturated carbocycles. The van der Waals surface area contributed by atoms with Gasteiger partial charge in [-0.15, -0.1) is 11.3 Å². The van der Waals surface area contributed by atoms with Gasteiger partial charge in [-0.2, -0.15) is 0 Å². The molecule has 5 nitrogen and oxygen atoms in total. The average Bonchev–Trinajstić information content (AvgIpc) is 3.38. The molecule has 6 heteroatoms. The monoisotopic (exact) mass is 399 g/mol. The summed E-state index contributed by atoms with van der Waals surface area (Å²) in [5.41, 5.74) is 3.76. The molecule has 2 N–H and O–H groups in total. The Morgan fingerprint density at radius 3 is 2.82 bits per heavy atom. The Bertz CT molecular complexity index is 764. The van der Waals surface area contributed by atoms with Crippen LogP contribution in [0.15, 0.2) is 34.6 Å². The lowest BCUT2D eigenvalue weighted by Crippen LogP contribution is -2.39. The van der Waals surface area contributed by atoms with Crippen molar-refractivity contribution in [2.75, 3.05) is 31.6 Å². The van der Waals surface area contributed by atoms with Gasteiger partial charge in [-0.3, -0.25) is 4.99 Å². The third-order valence-corrected chi connectivity index (χ3v) is 6.22. The number of hydrogen-bond donors (Lipinski definition) is 2. The van der Waals surface area contributed by atoms with Gasteiger partial charge in [0, 0.05) is 43.4 Å². The standard InChI is InChI=1S/C22H33N5S/c1-17-16-28-21(25-17)11-4-5-12-24-22(23-3)26-18(2)19-9-8-10-20(15-19)27-13-6-7-14-27/h8-10,15-16,18H,4-7,11-14H2,1-3H3,(H2,23,24,26). The first-order chi connectivity index (χ1) is 13.7. The summed E-state index contributed by atoms with van der Waals surface area (Å²) >= 11 is 1.76. The van der Waals surface area contributed by atoms with Crippen molar-refractivity contribution < 1.29 is 0 Å². The van der Waals surface area contributed by atoms with Crippen LogP contribution < -0.4 is 15.5 Å². The van der Waals surface area contributed by atoms with Gasteiger partial charge < -0.3 is 15.5 Å². The lowest BCUT2D eigenvalue weighted by molar-refractivity contribution is 0.658. The number of aliphatic imine (C=N–C) groups is 1. The van der Waals surface area contributed by atoms with Gasteiger partial charge in [0.25, 0.3) is 0 Å². The summed E-state index contributed by atoms with van der Waals surface area (Å²) in [7, 11) is 1.83. The lowest BCUT2D eigenvalue weighted by atomic mass is 10.1. The Morgan fingerprint density at radius 2 is 2.11 bits per heavy atom. The molecule has 1 atom stereocenters. The molecule has 0 amide bonds. The summed E-state index contributed by atoms with van der Waals surface area (Å²) in [6, 6.07) is 9.11. The molecule has 1 aromatic heterocycles. The molecule has 1 unspecified atom stereocenters. The van der Waals surface area contributed by atoms with Crippen molar-refractivity contribution in [3.8, 4) is 0 Å². The summed E-state index contributed by atoms with van der Waals surface area (Å²) in [5.74, 6) is 0.865. The van der Waals surface area contributed by atoms with Crippen molar-refractivity contribution in [2.24, 2.45) is 4.99 Å². The lowest BCUT2D eigenvalue weighted by Gasteiger charge is -2.22. The van der Waals surface area contributed by atoms with Crippen LogP contribution >= 0.6 is 11.3 Å². The number of anilines is 1. The Labute approximate surface area is 173 Å². The van der Waals surface area contributed by atoms with Crippen LogP contribution in [0.3, 0.4) is 0 Å². The Morgan fingerprint density at radius 1 is 1.29 bits per heavy atom. The van der Waals surface area contributed by atoms with Crippen molar-refractivity contribution in [1.29, 1.82) is 0 Å². The van der Waals surface area contributed by atoms with Gasteiger partial charge in [0.2, 0.25) is 0 Å². The molecule has 0 radical (unpaired) electrons. The van der Waals surface area contributed by atoms with E-state index in [1.807, 2.05) is 7.05 Å². The van der Waals surface area contributed by atoms with Crippen molar-refractivity contribution in [3.05, 3.63) is 45.9 Å². The molecule has 2 heterocycles. The molecule has 1 aliphatic rings. The maximum absolute atomic E-state index is 4.53. The molecule has 2 aromatic rings. The van der Waals surface area contributed by atoms with Crippen molar-refractivity contribution in [3.63, 3.8) is 0 Å². The second kappa shape index (κ2) is 10.5. The predicted molar refractivity (Wildman–Crippen MR) is 121 cm³/mol. The van der Waals surface area contributed by atoms with Crippen molar-refractivity contribution >= 4 is 23.0 Å². The van der Waals surface area contributed by atoms with Crippen LogP contribution in [0.2, 0.25) is 0 Å². The highest BCUT2D eigenvalue weighted by Crippen LogP contribution is 2.23. The molecule has 152 valence electrons. The van der Waals surface area contributed by atoms with E-state index < -0.39 is 0 Å². The molecular weight excluding hydrogens is 366 g/mol. The summed E-state index contributed by atoms with van der Waals surface area (Å²) in [6.07, 6.45) is 5.92. The number of nitrogens with one attached hydrogen (secondary N) is 2. The molecular formula is C22H33N5S. The molecule has 3 rings (SSSR count). The largest absolute Gasteiger partial charge is 0.372 e. The van der Waals surface area contributed by atoms with E-state index in [1.54, 1.807) is 11.3 Å². The Kier molecular flexibility index (Phi) is 7.71. The average molecular weight is 400 g/mol. The maximum atomic E-state index is 4.53. The smallest absolute Gasteiger partial charge is 0.191 e. The van der Waals surface area contributed by atoms with Crippen molar-refractivity contribution in [1.82, 2.24) is 15.6 Å². The van der Waals surface area contributed by atoms with Gasteiger partial charge in [0.05, 0.1) is 11.0 Å². The fraction of sp³-hybridized carbons (Fsp3) is 0.545. The van der Waals surface area contributed by atoms with E-state index in [4.69, 9.17) is 0 Å². The molecule has 0 spiro atoms. The predicted octanol–water partition coefficient (Wildman–Crippen LogP) is 4.30. The number of nitrogens with zero attached hydrogens (tertiary/aromatic N) is 3. The van der Waals surface area contributed by atoms with E-state index in [1.165, 1.54) is 42.2 Å². The second-order valence-corrected chi connectivity index (χ2v) is 8.44. The summed E-state index contributed by atoms with van der Waals surface area (Å²) in [6.45, 7) is 7.52. The van der Waals surface area contributed by atoms with Gasteiger partial charge >= 0.3 is 0 Å². The number of guanidine groups is 1. The maximum Gasteiger partial charge on any atom is 0.191 e. The minimum absolute atomic E-state index is 0.215. The fourth-order valence-corrected chi connectivity index (χ4v) is 4.39. The van der Waals surface area contributed by atoms with Crippen molar-refractivity contribution in [2.45, 2.75) is 52.0 Å². The first-order valence-corrected chi connectivity index (χ1v) is 11.3. The number of benzene rings is 1. The van der Waals surface area contributed by atoms with Gasteiger partial charge in [-0.1, -0.05) is 12.1 Å². The molecule has 1 saturated heterocycles. The molecule has 0 aliphatic carbocycles. The quantitative estimate of drug-likeness (QED) is 0.395. The normalized spacial score (nSPS) is 15.7. The van der Waals surface area contributed by atoms with E-state index in [2.05, 4.69) is 69.0 Å². The molecule has 0 bridgehead atoms. The van der Waals surface area contributed by atoms with E-state index in [-0.39, 0.29) is 6.04 Å². The van der Waals surface area contributed by atoms with E-state index >= 15 is 0 Å². The number of aromatic nitrogens is 1. The van der Waals surface area contributed by atoms with Gasteiger partial charge in [-0.05, 0) is 63.6 Å². The summed E-state index contributed by atoms with van der Waals surface area (Å²) in [5, 5.41) is 10.3. The Hall–Kier alpha value is -2.08. The van der Waals surface area contributed by atoms with Crippen LogP contribution in [0, 0.1) is 6.92 Å². The van der Waals surface area contributed by atoms with Crippen LogP contribution in [0.4, 0.5) is 5.69 Å². The van der Waals surface area contributed by atoms with Crippen LogP contribution in [0.25, 0.3) is 0 Å². The number of thiazole rings is 1. The van der Waals surface area contributed by atoms with Crippen LogP contribution in [0.5, 0.6) is 0 Å². The zero-order valence-corrected chi connectivity index (χ0v) is 18.2. The highest BCUT2D eigenvalue weighted by Gasteiger charge is 2.14. The van der Waals surface area contributed by atoms with Gasteiger partial charge in [0.1, 0.15) is 0 Å². The first-order valence-electron chi connectivity index (χ1n) is 10.4. The molecule has 1 aromatic carbocycles. The summed E-state index contributed by atoms with van der Waals surface area (Å²) in [4.78, 5) is 11.4. The SMILES string of the molecule is CN=C(NCCCCc1nc(C)cs1)NC(C)c1cccc(N2CCCC2)c1. The third-order valence-electron chi connectivity index (χ3n) is 5.19. The van der Waals surface area contributed by atoms with Gasteiger partial charge in [0.15, 0.2) is 5.96 Å². The summed E-state index contributed by atoms with van der Waals surface area (Å²) < 4.78 is 0. The topological polar surface area (TPSA) is 52.6 Å². The van der Waals surface area contributed by atoms with E-state index in [0.29, 0.717) is 0 Å².